The molecular formula is C24H30FN3O3. The zero-order chi connectivity index (χ0) is 22.0. The summed E-state index contributed by atoms with van der Waals surface area (Å²) in [5.74, 6) is 2.23. The fourth-order valence-corrected chi connectivity index (χ4v) is 5.37. The largest absolute Gasteiger partial charge is 0.448 e. The Morgan fingerprint density at radius 1 is 1.23 bits per heavy atom. The number of ether oxygens (including phenoxy) is 1. The zero-order valence-corrected chi connectivity index (χ0v) is 18.1. The standard InChI is InChI=1S/C24H30FN3O3/c1-3-4-15-31-23(30)27-11-7-20(8-12-27)26-13-9-24(10-14-26)17-28(18(2)29)22-6-5-19(25)16-21(22)24/h1,5-6,16,20H,4,7-15,17H2,2H3. The zero-order valence-electron chi connectivity index (χ0n) is 18.1. The van der Waals surface area contributed by atoms with Crippen LogP contribution in [0.25, 0.3) is 0 Å². The van der Waals surface area contributed by atoms with Crippen LogP contribution in [0.3, 0.4) is 0 Å². The van der Waals surface area contributed by atoms with Crippen LogP contribution < -0.4 is 4.90 Å². The molecule has 0 atom stereocenters. The highest BCUT2D eigenvalue weighted by molar-refractivity contribution is 5.94. The molecule has 166 valence electrons. The summed E-state index contributed by atoms with van der Waals surface area (Å²) in [5, 5.41) is 0. The Balaban J connectivity index is 1.35. The lowest BCUT2D eigenvalue weighted by Gasteiger charge is -2.45. The molecule has 0 aliphatic carbocycles. The smallest absolute Gasteiger partial charge is 0.409 e. The highest BCUT2D eigenvalue weighted by Gasteiger charge is 2.46. The van der Waals surface area contributed by atoms with Crippen molar-refractivity contribution in [2.45, 2.75) is 50.5 Å². The van der Waals surface area contributed by atoms with Crippen molar-refractivity contribution in [2.75, 3.05) is 44.2 Å². The minimum Gasteiger partial charge on any atom is -0.448 e. The highest BCUT2D eigenvalue weighted by atomic mass is 19.1. The molecule has 2 saturated heterocycles. The lowest BCUT2D eigenvalue weighted by atomic mass is 9.74. The van der Waals surface area contributed by atoms with Crippen molar-refractivity contribution in [2.24, 2.45) is 0 Å². The van der Waals surface area contributed by atoms with E-state index in [1.165, 1.54) is 6.07 Å². The molecule has 0 radical (unpaired) electrons. The second kappa shape index (κ2) is 8.88. The molecule has 3 aliphatic heterocycles. The van der Waals surface area contributed by atoms with Gasteiger partial charge >= 0.3 is 6.09 Å². The summed E-state index contributed by atoms with van der Waals surface area (Å²) in [7, 11) is 0. The average molecular weight is 428 g/mol. The van der Waals surface area contributed by atoms with E-state index in [-0.39, 0.29) is 29.8 Å². The van der Waals surface area contributed by atoms with Crippen molar-refractivity contribution in [1.82, 2.24) is 9.80 Å². The molecule has 6 nitrogen and oxygen atoms in total. The second-order valence-electron chi connectivity index (χ2n) is 8.87. The van der Waals surface area contributed by atoms with Gasteiger partial charge in [-0.25, -0.2) is 9.18 Å². The maximum Gasteiger partial charge on any atom is 0.409 e. The molecule has 1 aromatic rings. The quantitative estimate of drug-likeness (QED) is 0.549. The molecule has 3 aliphatic rings. The van der Waals surface area contributed by atoms with Crippen LogP contribution in [-0.2, 0) is 14.9 Å². The number of nitrogens with zero attached hydrogens (tertiary/aromatic N) is 3. The number of halogens is 1. The number of fused-ring (bicyclic) bond motifs is 2. The maximum absolute atomic E-state index is 14.0. The topological polar surface area (TPSA) is 53.1 Å². The average Bonchev–Trinajstić information content (AvgIpc) is 3.08. The van der Waals surface area contributed by atoms with Crippen LogP contribution in [0.2, 0.25) is 0 Å². The monoisotopic (exact) mass is 427 g/mol. The molecule has 2 fully saturated rings. The van der Waals surface area contributed by atoms with E-state index >= 15 is 0 Å². The van der Waals surface area contributed by atoms with Gasteiger partial charge in [0.2, 0.25) is 5.91 Å². The minimum absolute atomic E-state index is 0.00802. The number of hydrogen-bond acceptors (Lipinski definition) is 4. The normalized spacial score (nSPS) is 21.1. The molecule has 0 unspecified atom stereocenters. The van der Waals surface area contributed by atoms with Crippen molar-refractivity contribution < 1.29 is 18.7 Å². The fraction of sp³-hybridized carbons (Fsp3) is 0.583. The molecular weight excluding hydrogens is 397 g/mol. The van der Waals surface area contributed by atoms with Gasteiger partial charge in [-0.1, -0.05) is 0 Å². The van der Waals surface area contributed by atoms with Crippen LogP contribution in [0.1, 0.15) is 44.6 Å². The van der Waals surface area contributed by atoms with Gasteiger partial charge in [0.05, 0.1) is 0 Å². The first-order valence-corrected chi connectivity index (χ1v) is 11.1. The number of rotatable bonds is 3. The molecule has 0 aromatic heterocycles. The third-order valence-corrected chi connectivity index (χ3v) is 7.13. The Labute approximate surface area is 183 Å². The van der Waals surface area contributed by atoms with Crippen molar-refractivity contribution in [1.29, 1.82) is 0 Å². The predicted octanol–water partition coefficient (Wildman–Crippen LogP) is 3.15. The SMILES string of the molecule is C#CCCOC(=O)N1CCC(N2CCC3(CC2)CN(C(C)=O)c2ccc(F)cc23)CC1. The number of carbonyl (C=O) groups is 2. The van der Waals surface area contributed by atoms with Gasteiger partial charge in [0, 0.05) is 50.1 Å². The number of hydrogen-bond donors (Lipinski definition) is 0. The van der Waals surface area contributed by atoms with Crippen molar-refractivity contribution in [3.8, 4) is 12.3 Å². The van der Waals surface area contributed by atoms with Crippen molar-refractivity contribution in [3.63, 3.8) is 0 Å². The lowest BCUT2D eigenvalue weighted by Crippen LogP contribution is -2.52. The van der Waals surface area contributed by atoms with Crippen LogP contribution in [0.5, 0.6) is 0 Å². The number of amides is 2. The molecule has 2 amide bonds. The Morgan fingerprint density at radius 3 is 2.58 bits per heavy atom. The van der Waals surface area contributed by atoms with E-state index < -0.39 is 0 Å². The number of piperidine rings is 2. The van der Waals surface area contributed by atoms with Gasteiger partial charge in [-0.3, -0.25) is 4.79 Å². The van der Waals surface area contributed by atoms with E-state index in [0.29, 0.717) is 32.1 Å². The number of carbonyl (C=O) groups excluding carboxylic acids is 2. The molecule has 0 saturated carbocycles. The summed E-state index contributed by atoms with van der Waals surface area (Å²) in [6, 6.07) is 5.24. The number of likely N-dealkylation sites (tertiary alicyclic amines) is 2. The van der Waals surface area contributed by atoms with E-state index in [0.717, 1.165) is 50.0 Å². The van der Waals surface area contributed by atoms with Crippen molar-refractivity contribution >= 4 is 17.7 Å². The van der Waals surface area contributed by atoms with Gasteiger partial charge in [-0.15, -0.1) is 12.3 Å². The summed E-state index contributed by atoms with van der Waals surface area (Å²) in [4.78, 5) is 30.3. The molecule has 31 heavy (non-hydrogen) atoms. The van der Waals surface area contributed by atoms with Gasteiger partial charge in [0.25, 0.3) is 0 Å². The summed E-state index contributed by atoms with van der Waals surface area (Å²) in [5.41, 5.74) is 1.67. The molecule has 1 aromatic carbocycles. The molecule has 0 bridgehead atoms. The first kappa shape index (κ1) is 21.6. The molecule has 1 spiro atoms. The summed E-state index contributed by atoms with van der Waals surface area (Å²) >= 11 is 0. The van der Waals surface area contributed by atoms with Crippen LogP contribution in [0, 0.1) is 18.2 Å². The number of benzene rings is 1. The first-order chi connectivity index (χ1) is 14.9. The lowest BCUT2D eigenvalue weighted by molar-refractivity contribution is -0.116. The Kier molecular flexibility index (Phi) is 6.19. The Morgan fingerprint density at radius 2 is 1.94 bits per heavy atom. The summed E-state index contributed by atoms with van der Waals surface area (Å²) in [6.07, 6.45) is 9.00. The van der Waals surface area contributed by atoms with Gasteiger partial charge in [0.1, 0.15) is 12.4 Å². The third kappa shape index (κ3) is 4.27. The Hall–Kier alpha value is -2.59. The summed E-state index contributed by atoms with van der Waals surface area (Å²) in [6.45, 7) is 5.69. The molecule has 7 heteroatoms. The van der Waals surface area contributed by atoms with E-state index in [9.17, 15) is 14.0 Å². The maximum atomic E-state index is 14.0. The van der Waals surface area contributed by atoms with Crippen LogP contribution >= 0.6 is 0 Å². The van der Waals surface area contributed by atoms with Crippen molar-refractivity contribution in [3.05, 3.63) is 29.6 Å². The first-order valence-electron chi connectivity index (χ1n) is 11.1. The minimum atomic E-state index is -0.278. The molecule has 4 rings (SSSR count). The van der Waals surface area contributed by atoms with Crippen LogP contribution in [0.15, 0.2) is 18.2 Å². The van der Waals surface area contributed by atoms with E-state index in [2.05, 4.69) is 10.8 Å². The molecule has 0 N–H and O–H groups in total. The molecule has 3 heterocycles. The van der Waals surface area contributed by atoms with Gasteiger partial charge in [-0.05, 0) is 62.5 Å². The van der Waals surface area contributed by atoms with Gasteiger partial charge in [-0.2, -0.15) is 0 Å². The predicted molar refractivity (Wildman–Crippen MR) is 116 cm³/mol. The van der Waals surface area contributed by atoms with Crippen LogP contribution in [0.4, 0.5) is 14.9 Å². The number of terminal acetylenes is 1. The van der Waals surface area contributed by atoms with E-state index in [1.54, 1.807) is 28.9 Å². The fourth-order valence-electron chi connectivity index (χ4n) is 5.37. The second-order valence-corrected chi connectivity index (χ2v) is 8.87. The third-order valence-electron chi connectivity index (χ3n) is 7.13. The van der Waals surface area contributed by atoms with Gasteiger partial charge < -0.3 is 19.4 Å². The number of anilines is 1. The summed E-state index contributed by atoms with van der Waals surface area (Å²) < 4.78 is 19.2. The van der Waals surface area contributed by atoms with Crippen LogP contribution in [-0.4, -0.2) is 67.2 Å². The highest BCUT2D eigenvalue weighted by Crippen LogP contribution is 2.47. The van der Waals surface area contributed by atoms with E-state index in [4.69, 9.17) is 11.2 Å². The van der Waals surface area contributed by atoms with E-state index in [1.807, 2.05) is 0 Å². The Bertz CT molecular complexity index is 881. The van der Waals surface area contributed by atoms with Gasteiger partial charge in [0.15, 0.2) is 0 Å².